The van der Waals surface area contributed by atoms with Crippen LogP contribution in [0.4, 0.5) is 5.69 Å². The molecule has 1 aliphatic heterocycles. The van der Waals surface area contributed by atoms with Gasteiger partial charge in [-0.1, -0.05) is 11.6 Å². The van der Waals surface area contributed by atoms with E-state index < -0.39 is 5.97 Å². The Hall–Kier alpha value is -2.24. The van der Waals surface area contributed by atoms with Gasteiger partial charge in [-0.25, -0.2) is 9.79 Å². The van der Waals surface area contributed by atoms with Gasteiger partial charge < -0.3 is 19.5 Å². The summed E-state index contributed by atoms with van der Waals surface area (Å²) in [5, 5.41) is 3.91. The van der Waals surface area contributed by atoms with E-state index in [0.717, 1.165) is 20.4 Å². The van der Waals surface area contributed by atoms with Crippen LogP contribution in [0.5, 0.6) is 11.5 Å². The van der Waals surface area contributed by atoms with Crippen LogP contribution in [0, 0.1) is 10.5 Å². The maximum Gasteiger partial charge on any atom is 0.344 e. The highest BCUT2D eigenvalue weighted by molar-refractivity contribution is 14.1. The van der Waals surface area contributed by atoms with E-state index in [0.29, 0.717) is 33.2 Å². The van der Waals surface area contributed by atoms with Crippen molar-refractivity contribution in [3.05, 3.63) is 55.0 Å². The minimum atomic E-state index is -0.455. The minimum absolute atomic E-state index is 0.216. The van der Waals surface area contributed by atoms with Crippen LogP contribution in [0.15, 0.2) is 40.2 Å². The van der Waals surface area contributed by atoms with Gasteiger partial charge in [0.05, 0.1) is 27.4 Å². The van der Waals surface area contributed by atoms with E-state index in [1.165, 1.54) is 11.8 Å². The molecule has 7 nitrogen and oxygen atoms in total. The molecular formula is C23H22ClIN2O5S. The maximum absolute atomic E-state index is 12.5. The van der Waals surface area contributed by atoms with Crippen molar-refractivity contribution in [1.29, 1.82) is 0 Å². The monoisotopic (exact) mass is 600 g/mol. The third kappa shape index (κ3) is 6.87. The first-order valence-electron chi connectivity index (χ1n) is 10.1. The first kappa shape index (κ1) is 25.4. The SMILES string of the molecule is CCOC(=O)COc1c(I)cc(/C=C2\SC(=Nc3ccc(Cl)cc3C)NC2=O)cc1OCC. The molecule has 0 unspecified atom stereocenters. The van der Waals surface area contributed by atoms with Crippen LogP contribution >= 0.6 is 46.0 Å². The number of carbonyl (C=O) groups excluding carboxylic acids is 2. The number of aliphatic imine (C=N–C) groups is 1. The lowest BCUT2D eigenvalue weighted by atomic mass is 10.2. The molecule has 2 aromatic rings. The Kier molecular flexibility index (Phi) is 9.04. The summed E-state index contributed by atoms with van der Waals surface area (Å²) in [4.78, 5) is 29.2. The lowest BCUT2D eigenvalue weighted by Gasteiger charge is -2.14. The Morgan fingerprint density at radius 2 is 2.00 bits per heavy atom. The van der Waals surface area contributed by atoms with E-state index >= 15 is 0 Å². The summed E-state index contributed by atoms with van der Waals surface area (Å²) in [6.07, 6.45) is 1.76. The Bertz CT molecular complexity index is 1140. The second kappa shape index (κ2) is 11.8. The summed E-state index contributed by atoms with van der Waals surface area (Å²) in [6, 6.07) is 9.01. The molecule has 0 aromatic heterocycles. The summed E-state index contributed by atoms with van der Waals surface area (Å²) in [6.45, 7) is 5.98. The molecule has 3 rings (SSSR count). The number of esters is 1. The molecule has 0 aliphatic carbocycles. The third-order valence-corrected chi connectivity index (χ3v) is 6.25. The minimum Gasteiger partial charge on any atom is -0.490 e. The Morgan fingerprint density at radius 1 is 1.21 bits per heavy atom. The molecule has 0 spiro atoms. The van der Waals surface area contributed by atoms with Crippen molar-refractivity contribution in [3.63, 3.8) is 0 Å². The van der Waals surface area contributed by atoms with Gasteiger partial charge in [0.2, 0.25) is 0 Å². The highest BCUT2D eigenvalue weighted by atomic mass is 127. The van der Waals surface area contributed by atoms with Gasteiger partial charge in [0, 0.05) is 5.02 Å². The number of benzene rings is 2. The zero-order valence-corrected chi connectivity index (χ0v) is 22.0. The summed E-state index contributed by atoms with van der Waals surface area (Å²) in [5.74, 6) is 0.246. The molecule has 0 atom stereocenters. The van der Waals surface area contributed by atoms with Gasteiger partial charge in [0.15, 0.2) is 23.3 Å². The molecule has 0 bridgehead atoms. The van der Waals surface area contributed by atoms with Gasteiger partial charge in [0.1, 0.15) is 0 Å². The molecule has 1 saturated heterocycles. The normalized spacial score (nSPS) is 15.6. The Morgan fingerprint density at radius 3 is 2.70 bits per heavy atom. The van der Waals surface area contributed by atoms with Crippen LogP contribution in [-0.4, -0.2) is 36.9 Å². The molecule has 33 heavy (non-hydrogen) atoms. The fourth-order valence-electron chi connectivity index (χ4n) is 2.89. The van der Waals surface area contributed by atoms with Gasteiger partial charge in [-0.05, 0) is 103 Å². The van der Waals surface area contributed by atoms with Crippen LogP contribution in [0.25, 0.3) is 6.08 Å². The third-order valence-electron chi connectivity index (χ3n) is 4.30. The van der Waals surface area contributed by atoms with E-state index in [9.17, 15) is 9.59 Å². The number of aryl methyl sites for hydroxylation is 1. The van der Waals surface area contributed by atoms with Gasteiger partial charge >= 0.3 is 5.97 Å². The maximum atomic E-state index is 12.5. The fraction of sp³-hybridized carbons (Fsp3) is 0.261. The predicted molar refractivity (Wildman–Crippen MR) is 139 cm³/mol. The molecule has 1 N–H and O–H groups in total. The first-order valence-corrected chi connectivity index (χ1v) is 12.4. The number of nitrogens with zero attached hydrogens (tertiary/aromatic N) is 1. The van der Waals surface area contributed by atoms with Gasteiger partial charge in [0.25, 0.3) is 5.91 Å². The van der Waals surface area contributed by atoms with E-state index in [1.807, 2.05) is 32.0 Å². The number of rotatable bonds is 8. The van der Waals surface area contributed by atoms with Gasteiger partial charge in [-0.3, -0.25) is 4.79 Å². The second-order valence-corrected chi connectivity index (χ2v) is 9.40. The molecule has 1 fully saturated rings. The summed E-state index contributed by atoms with van der Waals surface area (Å²) in [7, 11) is 0. The number of nitrogens with one attached hydrogen (secondary N) is 1. The Balaban J connectivity index is 1.83. The average Bonchev–Trinajstić information content (AvgIpc) is 3.08. The number of amides is 1. The van der Waals surface area contributed by atoms with Crippen molar-refractivity contribution in [2.24, 2.45) is 4.99 Å². The topological polar surface area (TPSA) is 86.2 Å². The number of hydrogen-bond donors (Lipinski definition) is 1. The summed E-state index contributed by atoms with van der Waals surface area (Å²) in [5.41, 5.74) is 2.41. The van der Waals surface area contributed by atoms with Crippen LogP contribution in [0.3, 0.4) is 0 Å². The molecular weight excluding hydrogens is 579 g/mol. The quantitative estimate of drug-likeness (QED) is 0.245. The largest absolute Gasteiger partial charge is 0.490 e. The first-order chi connectivity index (χ1) is 15.8. The van der Waals surface area contributed by atoms with Crippen LogP contribution in [0.1, 0.15) is 25.0 Å². The van der Waals surface area contributed by atoms with Crippen molar-refractivity contribution in [2.45, 2.75) is 20.8 Å². The summed E-state index contributed by atoms with van der Waals surface area (Å²) >= 11 is 9.36. The number of carbonyl (C=O) groups is 2. The lowest BCUT2D eigenvalue weighted by molar-refractivity contribution is -0.145. The molecule has 0 saturated carbocycles. The highest BCUT2D eigenvalue weighted by Gasteiger charge is 2.24. The van der Waals surface area contributed by atoms with Crippen molar-refractivity contribution in [1.82, 2.24) is 5.32 Å². The zero-order valence-electron chi connectivity index (χ0n) is 18.2. The van der Waals surface area contributed by atoms with Crippen molar-refractivity contribution >= 4 is 74.8 Å². The Labute approximate surface area is 215 Å². The zero-order chi connectivity index (χ0) is 24.0. The number of amidine groups is 1. The number of halogens is 2. The van der Waals surface area contributed by atoms with Crippen LogP contribution in [0.2, 0.25) is 5.02 Å². The lowest BCUT2D eigenvalue weighted by Crippen LogP contribution is -2.19. The van der Waals surface area contributed by atoms with Crippen molar-refractivity contribution in [2.75, 3.05) is 19.8 Å². The molecule has 174 valence electrons. The highest BCUT2D eigenvalue weighted by Crippen LogP contribution is 2.36. The van der Waals surface area contributed by atoms with Crippen LogP contribution in [-0.2, 0) is 14.3 Å². The van der Waals surface area contributed by atoms with E-state index in [2.05, 4.69) is 32.9 Å². The smallest absolute Gasteiger partial charge is 0.344 e. The van der Waals surface area contributed by atoms with Crippen molar-refractivity contribution in [3.8, 4) is 11.5 Å². The number of thioether (sulfide) groups is 1. The van der Waals surface area contributed by atoms with Gasteiger partial charge in [-0.15, -0.1) is 0 Å². The molecule has 1 aliphatic rings. The number of hydrogen-bond acceptors (Lipinski definition) is 7. The molecule has 1 heterocycles. The molecule has 0 radical (unpaired) electrons. The van der Waals surface area contributed by atoms with Crippen molar-refractivity contribution < 1.29 is 23.8 Å². The van der Waals surface area contributed by atoms with E-state index in [-0.39, 0.29) is 19.1 Å². The average molecular weight is 601 g/mol. The number of ether oxygens (including phenoxy) is 3. The predicted octanol–water partition coefficient (Wildman–Crippen LogP) is 5.49. The molecule has 1 amide bonds. The molecule has 10 heteroatoms. The fourth-order valence-corrected chi connectivity index (χ4v) is 4.74. The van der Waals surface area contributed by atoms with Crippen LogP contribution < -0.4 is 14.8 Å². The second-order valence-electron chi connectivity index (χ2n) is 6.77. The van der Waals surface area contributed by atoms with Gasteiger partial charge in [-0.2, -0.15) is 0 Å². The summed E-state index contributed by atoms with van der Waals surface area (Å²) < 4.78 is 17.0. The molecule has 2 aromatic carbocycles. The van der Waals surface area contributed by atoms with E-state index in [1.54, 1.807) is 25.1 Å². The standard InChI is InChI=1S/C23H22ClIN2O5S/c1-4-30-18-10-14(9-16(25)21(18)32-12-20(28)31-5-2)11-19-22(29)27-23(33-19)26-17-7-6-15(24)8-13(17)3/h6-11H,4-5,12H2,1-3H3,(H,26,27,29)/b19-11-. The van der Waals surface area contributed by atoms with E-state index in [4.69, 9.17) is 25.8 Å².